The lowest BCUT2D eigenvalue weighted by Crippen LogP contribution is -2.46. The van der Waals surface area contributed by atoms with Crippen molar-refractivity contribution in [2.75, 3.05) is 33.7 Å². The minimum Gasteiger partial charge on any atom is -0.341 e. The molecule has 4 heteroatoms. The normalized spacial score (nSPS) is 24.9. The Morgan fingerprint density at radius 2 is 2.19 bits per heavy atom. The van der Waals surface area contributed by atoms with Crippen LogP contribution in [0, 0.1) is 5.41 Å². The molecule has 2 atom stereocenters. The van der Waals surface area contributed by atoms with Gasteiger partial charge in [0.25, 0.3) is 0 Å². The number of likely N-dealkylation sites (tertiary alicyclic amines) is 1. The quantitative estimate of drug-likeness (QED) is 0.762. The number of carbonyl (C=O) groups excluding carboxylic acids is 1. The SMILES string of the molecule is CCC(C)(CN)C(=O)N1CCC(N(C)C)C1. The van der Waals surface area contributed by atoms with E-state index in [2.05, 4.69) is 19.0 Å². The first-order valence-electron chi connectivity index (χ1n) is 6.10. The molecule has 1 aliphatic heterocycles. The van der Waals surface area contributed by atoms with E-state index in [1.165, 1.54) is 0 Å². The Labute approximate surface area is 98.8 Å². The van der Waals surface area contributed by atoms with Gasteiger partial charge in [-0.2, -0.15) is 0 Å². The second-order valence-corrected chi connectivity index (χ2v) is 5.28. The van der Waals surface area contributed by atoms with Crippen molar-refractivity contribution >= 4 is 5.91 Å². The summed E-state index contributed by atoms with van der Waals surface area (Å²) in [5.41, 5.74) is 5.35. The molecular formula is C12H25N3O. The topological polar surface area (TPSA) is 49.6 Å². The highest BCUT2D eigenvalue weighted by molar-refractivity contribution is 5.82. The Kier molecular flexibility index (Phi) is 4.33. The maximum absolute atomic E-state index is 12.3. The second kappa shape index (κ2) is 5.15. The summed E-state index contributed by atoms with van der Waals surface area (Å²) in [6.45, 7) is 6.16. The zero-order valence-electron chi connectivity index (χ0n) is 11.0. The molecule has 1 aliphatic rings. The number of likely N-dealkylation sites (N-methyl/N-ethyl adjacent to an activating group) is 1. The number of hydrogen-bond donors (Lipinski definition) is 1. The van der Waals surface area contributed by atoms with Gasteiger partial charge in [0.15, 0.2) is 0 Å². The summed E-state index contributed by atoms with van der Waals surface area (Å²) in [7, 11) is 4.14. The van der Waals surface area contributed by atoms with Crippen LogP contribution in [0.25, 0.3) is 0 Å². The molecule has 2 unspecified atom stereocenters. The van der Waals surface area contributed by atoms with Gasteiger partial charge < -0.3 is 15.5 Å². The van der Waals surface area contributed by atoms with Gasteiger partial charge in [-0.3, -0.25) is 4.79 Å². The molecular weight excluding hydrogens is 202 g/mol. The standard InChI is InChI=1S/C12H25N3O/c1-5-12(2,9-13)11(16)15-7-6-10(8-15)14(3)4/h10H,5-9,13H2,1-4H3. The van der Waals surface area contributed by atoms with Crippen LogP contribution in [-0.2, 0) is 4.79 Å². The van der Waals surface area contributed by atoms with E-state index in [4.69, 9.17) is 5.73 Å². The predicted molar refractivity (Wildman–Crippen MR) is 66.1 cm³/mol. The van der Waals surface area contributed by atoms with Crippen LogP contribution < -0.4 is 5.73 Å². The number of nitrogens with two attached hydrogens (primary N) is 1. The zero-order valence-corrected chi connectivity index (χ0v) is 11.0. The molecule has 0 saturated carbocycles. The fourth-order valence-electron chi connectivity index (χ4n) is 2.11. The molecule has 1 rings (SSSR count). The van der Waals surface area contributed by atoms with E-state index >= 15 is 0 Å². The van der Waals surface area contributed by atoms with Crippen molar-refractivity contribution < 1.29 is 4.79 Å². The molecule has 4 nitrogen and oxygen atoms in total. The maximum Gasteiger partial charge on any atom is 0.229 e. The van der Waals surface area contributed by atoms with Crippen LogP contribution in [0.4, 0.5) is 0 Å². The summed E-state index contributed by atoms with van der Waals surface area (Å²) in [6.07, 6.45) is 1.88. The molecule has 0 aromatic heterocycles. The maximum atomic E-state index is 12.3. The molecule has 1 amide bonds. The third-order valence-electron chi connectivity index (χ3n) is 3.93. The molecule has 0 aromatic carbocycles. The van der Waals surface area contributed by atoms with Gasteiger partial charge in [-0.25, -0.2) is 0 Å². The van der Waals surface area contributed by atoms with Crippen molar-refractivity contribution in [2.45, 2.75) is 32.7 Å². The Bertz CT molecular complexity index is 249. The lowest BCUT2D eigenvalue weighted by molar-refractivity contribution is -0.140. The van der Waals surface area contributed by atoms with Crippen LogP contribution in [0.3, 0.4) is 0 Å². The van der Waals surface area contributed by atoms with Crippen LogP contribution in [0.2, 0.25) is 0 Å². The third-order valence-corrected chi connectivity index (χ3v) is 3.93. The van der Waals surface area contributed by atoms with Gasteiger partial charge in [-0.15, -0.1) is 0 Å². The lowest BCUT2D eigenvalue weighted by atomic mass is 9.86. The van der Waals surface area contributed by atoms with E-state index in [-0.39, 0.29) is 11.3 Å². The Morgan fingerprint density at radius 1 is 1.56 bits per heavy atom. The molecule has 0 radical (unpaired) electrons. The van der Waals surface area contributed by atoms with E-state index in [9.17, 15) is 4.79 Å². The molecule has 0 aromatic rings. The minimum atomic E-state index is -0.374. The van der Waals surface area contributed by atoms with Crippen molar-refractivity contribution in [1.29, 1.82) is 0 Å². The minimum absolute atomic E-state index is 0.224. The summed E-state index contributed by atoms with van der Waals surface area (Å²) in [5.74, 6) is 0.224. The van der Waals surface area contributed by atoms with E-state index < -0.39 is 0 Å². The van der Waals surface area contributed by atoms with E-state index in [0.29, 0.717) is 12.6 Å². The molecule has 1 fully saturated rings. The van der Waals surface area contributed by atoms with Crippen molar-refractivity contribution in [3.05, 3.63) is 0 Å². The molecule has 0 spiro atoms. The first-order valence-corrected chi connectivity index (χ1v) is 6.10. The Hall–Kier alpha value is -0.610. The van der Waals surface area contributed by atoms with Gasteiger partial charge in [0.2, 0.25) is 5.91 Å². The summed E-state index contributed by atoms with van der Waals surface area (Å²) >= 11 is 0. The smallest absolute Gasteiger partial charge is 0.229 e. The monoisotopic (exact) mass is 227 g/mol. The van der Waals surface area contributed by atoms with Crippen molar-refractivity contribution in [2.24, 2.45) is 11.1 Å². The lowest BCUT2D eigenvalue weighted by Gasteiger charge is -2.31. The van der Waals surface area contributed by atoms with Crippen LogP contribution in [-0.4, -0.2) is 55.5 Å². The van der Waals surface area contributed by atoms with Gasteiger partial charge in [0.1, 0.15) is 0 Å². The highest BCUT2D eigenvalue weighted by atomic mass is 16.2. The van der Waals surface area contributed by atoms with Crippen molar-refractivity contribution in [3.63, 3.8) is 0 Å². The third kappa shape index (κ3) is 2.55. The van der Waals surface area contributed by atoms with E-state index in [1.54, 1.807) is 0 Å². The van der Waals surface area contributed by atoms with Gasteiger partial charge in [0, 0.05) is 25.7 Å². The van der Waals surface area contributed by atoms with Crippen LogP contribution >= 0.6 is 0 Å². The fourth-order valence-corrected chi connectivity index (χ4v) is 2.11. The summed E-state index contributed by atoms with van der Waals surface area (Å²) < 4.78 is 0. The van der Waals surface area contributed by atoms with E-state index in [0.717, 1.165) is 25.9 Å². The van der Waals surface area contributed by atoms with Crippen LogP contribution in [0.15, 0.2) is 0 Å². The molecule has 1 saturated heterocycles. The van der Waals surface area contributed by atoms with Gasteiger partial charge in [0.05, 0.1) is 5.41 Å². The molecule has 16 heavy (non-hydrogen) atoms. The predicted octanol–water partition coefficient (Wildman–Crippen LogP) is 0.524. The number of nitrogens with zero attached hydrogens (tertiary/aromatic N) is 2. The van der Waals surface area contributed by atoms with E-state index in [1.807, 2.05) is 18.7 Å². The second-order valence-electron chi connectivity index (χ2n) is 5.28. The molecule has 0 bridgehead atoms. The average molecular weight is 227 g/mol. The highest BCUT2D eigenvalue weighted by Gasteiger charge is 2.37. The Morgan fingerprint density at radius 3 is 2.56 bits per heavy atom. The fraction of sp³-hybridized carbons (Fsp3) is 0.917. The first kappa shape index (κ1) is 13.5. The largest absolute Gasteiger partial charge is 0.341 e. The molecule has 2 N–H and O–H groups in total. The summed E-state index contributed by atoms with van der Waals surface area (Å²) in [5, 5.41) is 0. The zero-order chi connectivity index (χ0) is 12.3. The summed E-state index contributed by atoms with van der Waals surface area (Å²) in [4.78, 5) is 16.5. The summed E-state index contributed by atoms with van der Waals surface area (Å²) in [6, 6.07) is 0.503. The van der Waals surface area contributed by atoms with Crippen LogP contribution in [0.1, 0.15) is 26.7 Å². The number of carbonyl (C=O) groups is 1. The average Bonchev–Trinajstić information content (AvgIpc) is 2.76. The number of amides is 1. The number of hydrogen-bond acceptors (Lipinski definition) is 3. The first-order chi connectivity index (χ1) is 7.44. The van der Waals surface area contributed by atoms with Crippen LogP contribution in [0.5, 0.6) is 0 Å². The highest BCUT2D eigenvalue weighted by Crippen LogP contribution is 2.25. The molecule has 1 heterocycles. The van der Waals surface area contributed by atoms with Gasteiger partial charge >= 0.3 is 0 Å². The van der Waals surface area contributed by atoms with Crippen molar-refractivity contribution in [1.82, 2.24) is 9.80 Å². The van der Waals surface area contributed by atoms with Gasteiger partial charge in [-0.05, 0) is 33.9 Å². The van der Waals surface area contributed by atoms with Crippen molar-refractivity contribution in [3.8, 4) is 0 Å². The molecule has 94 valence electrons. The number of rotatable bonds is 4. The molecule has 0 aliphatic carbocycles. The Balaban J connectivity index is 2.63. The van der Waals surface area contributed by atoms with Gasteiger partial charge in [-0.1, -0.05) is 6.92 Å².